The summed E-state index contributed by atoms with van der Waals surface area (Å²) in [7, 11) is 1.57. The number of phenolic OH excluding ortho intramolecular Hbond substituents is 1. The summed E-state index contributed by atoms with van der Waals surface area (Å²) in [6.07, 6.45) is 6.07. The van der Waals surface area contributed by atoms with Crippen LogP contribution in [0.15, 0.2) is 73.2 Å². The van der Waals surface area contributed by atoms with E-state index in [0.29, 0.717) is 40.4 Å². The Morgan fingerprint density at radius 1 is 1.11 bits per heavy atom. The number of carbonyl (C=O) groups excluding carboxylic acids is 1. The number of H-pyrrole nitrogens is 1. The Kier molecular flexibility index (Phi) is 6.13. The van der Waals surface area contributed by atoms with Gasteiger partial charge >= 0.3 is 0 Å². The molecule has 3 aromatic heterocycles. The van der Waals surface area contributed by atoms with Crippen molar-refractivity contribution < 1.29 is 14.6 Å². The molecule has 0 aliphatic carbocycles. The van der Waals surface area contributed by atoms with E-state index in [1.165, 1.54) is 0 Å². The van der Waals surface area contributed by atoms with Crippen LogP contribution in [0.5, 0.6) is 11.6 Å². The normalized spacial score (nSPS) is 11.0. The zero-order valence-corrected chi connectivity index (χ0v) is 19.1. The lowest BCUT2D eigenvalue weighted by molar-refractivity contribution is 0.0952. The average Bonchev–Trinajstić information content (AvgIpc) is 3.56. The number of hydrogen-bond acceptors (Lipinski definition) is 6. The Morgan fingerprint density at radius 3 is 2.86 bits per heavy atom. The molecule has 35 heavy (non-hydrogen) atoms. The summed E-state index contributed by atoms with van der Waals surface area (Å²) in [5, 5.41) is 17.6. The molecule has 0 saturated carbocycles. The number of aryl methyl sites for hydroxylation is 1. The molecule has 3 N–H and O–H groups in total. The van der Waals surface area contributed by atoms with Crippen LogP contribution in [0.4, 0.5) is 0 Å². The number of carbonyl (C=O) groups is 1. The highest BCUT2D eigenvalue weighted by Crippen LogP contribution is 2.35. The van der Waals surface area contributed by atoms with Crippen molar-refractivity contribution in [2.45, 2.75) is 13.0 Å². The van der Waals surface area contributed by atoms with Gasteiger partial charge in [-0.1, -0.05) is 6.07 Å². The first-order chi connectivity index (χ1) is 17.1. The third-order valence-electron chi connectivity index (χ3n) is 5.68. The smallest absolute Gasteiger partial charge is 0.251 e. The number of phenols is 1. The van der Waals surface area contributed by atoms with Gasteiger partial charge in [-0.05, 0) is 60.5 Å². The number of benzene rings is 2. The SMILES string of the molecule is COc1ncccc1-c1ccc(O)c(-c2nc3ccc(C(=O)NCCCn4cccn4)cc3[nH]2)c1. The highest BCUT2D eigenvalue weighted by atomic mass is 16.5. The summed E-state index contributed by atoms with van der Waals surface area (Å²) in [5.74, 6) is 0.927. The summed E-state index contributed by atoms with van der Waals surface area (Å²) >= 11 is 0. The number of hydrogen-bond donors (Lipinski definition) is 3. The van der Waals surface area contributed by atoms with Crippen LogP contribution >= 0.6 is 0 Å². The number of aromatic amines is 1. The molecule has 1 amide bonds. The molecule has 0 radical (unpaired) electrons. The number of nitrogens with zero attached hydrogens (tertiary/aromatic N) is 4. The fraction of sp³-hybridized carbons (Fsp3) is 0.154. The van der Waals surface area contributed by atoms with Crippen molar-refractivity contribution in [1.29, 1.82) is 0 Å². The molecule has 5 aromatic rings. The summed E-state index contributed by atoms with van der Waals surface area (Å²) < 4.78 is 7.21. The first kappa shape index (κ1) is 22.1. The minimum Gasteiger partial charge on any atom is -0.507 e. The molecule has 3 heterocycles. The van der Waals surface area contributed by atoms with Crippen molar-refractivity contribution in [2.24, 2.45) is 0 Å². The first-order valence-corrected chi connectivity index (χ1v) is 11.2. The van der Waals surface area contributed by atoms with Gasteiger partial charge in [0.25, 0.3) is 5.91 Å². The lowest BCUT2D eigenvalue weighted by Crippen LogP contribution is -2.25. The lowest BCUT2D eigenvalue weighted by atomic mass is 10.0. The van der Waals surface area contributed by atoms with Crippen LogP contribution in [-0.4, -0.2) is 49.4 Å². The number of pyridine rings is 1. The van der Waals surface area contributed by atoms with Gasteiger partial charge in [0.1, 0.15) is 11.6 Å². The molecule has 0 saturated heterocycles. The van der Waals surface area contributed by atoms with Crippen molar-refractivity contribution >= 4 is 16.9 Å². The van der Waals surface area contributed by atoms with E-state index in [4.69, 9.17) is 4.74 Å². The Balaban J connectivity index is 1.36. The van der Waals surface area contributed by atoms with Gasteiger partial charge in [0.15, 0.2) is 0 Å². The highest BCUT2D eigenvalue weighted by Gasteiger charge is 2.15. The van der Waals surface area contributed by atoms with E-state index in [-0.39, 0.29) is 11.7 Å². The topological polar surface area (TPSA) is 118 Å². The van der Waals surface area contributed by atoms with Crippen LogP contribution in [0.1, 0.15) is 16.8 Å². The first-order valence-electron chi connectivity index (χ1n) is 11.2. The van der Waals surface area contributed by atoms with Gasteiger partial charge in [-0.25, -0.2) is 9.97 Å². The van der Waals surface area contributed by atoms with Gasteiger partial charge < -0.3 is 20.1 Å². The van der Waals surface area contributed by atoms with Crippen molar-refractivity contribution in [3.63, 3.8) is 0 Å². The standard InChI is InChI=1S/C26H24N6O3/c1-35-26-19(5-2-10-28-26)17-7-9-23(33)20(15-17)24-30-21-8-6-18(16-22(21)31-24)25(34)27-11-3-13-32-14-4-12-29-32/h2,4-10,12,14-16,33H,3,11,13H2,1H3,(H,27,34)(H,30,31). The average molecular weight is 469 g/mol. The van der Waals surface area contributed by atoms with Crippen LogP contribution in [0, 0.1) is 0 Å². The zero-order valence-electron chi connectivity index (χ0n) is 19.1. The van der Waals surface area contributed by atoms with E-state index in [1.54, 1.807) is 49.8 Å². The molecular weight excluding hydrogens is 444 g/mol. The minimum absolute atomic E-state index is 0.0887. The lowest BCUT2D eigenvalue weighted by Gasteiger charge is -2.09. The summed E-state index contributed by atoms with van der Waals surface area (Å²) in [6, 6.07) is 16.2. The molecule has 9 nitrogen and oxygen atoms in total. The van der Waals surface area contributed by atoms with Gasteiger partial charge in [0, 0.05) is 42.8 Å². The number of amides is 1. The molecule has 9 heteroatoms. The number of aromatic hydroxyl groups is 1. The summed E-state index contributed by atoms with van der Waals surface area (Å²) in [4.78, 5) is 24.7. The maximum absolute atomic E-state index is 12.6. The third kappa shape index (κ3) is 4.70. The molecule has 0 aliphatic rings. The van der Waals surface area contributed by atoms with Crippen molar-refractivity contribution in [3.8, 4) is 34.1 Å². The number of imidazole rings is 1. The van der Waals surface area contributed by atoms with Crippen LogP contribution in [-0.2, 0) is 6.54 Å². The molecule has 0 atom stereocenters. The van der Waals surface area contributed by atoms with E-state index in [9.17, 15) is 9.90 Å². The number of fused-ring (bicyclic) bond motifs is 1. The maximum atomic E-state index is 12.6. The van der Waals surface area contributed by atoms with E-state index >= 15 is 0 Å². The van der Waals surface area contributed by atoms with Crippen molar-refractivity contribution in [2.75, 3.05) is 13.7 Å². The van der Waals surface area contributed by atoms with Gasteiger partial charge in [0.2, 0.25) is 5.88 Å². The van der Waals surface area contributed by atoms with Crippen LogP contribution in [0.2, 0.25) is 0 Å². The second-order valence-electron chi connectivity index (χ2n) is 7.99. The summed E-state index contributed by atoms with van der Waals surface area (Å²) in [5.41, 5.74) is 4.10. The number of rotatable bonds is 8. The van der Waals surface area contributed by atoms with Crippen molar-refractivity contribution in [1.82, 2.24) is 30.0 Å². The van der Waals surface area contributed by atoms with Gasteiger partial charge in [0.05, 0.1) is 23.7 Å². The van der Waals surface area contributed by atoms with E-state index in [1.807, 2.05) is 35.1 Å². The fourth-order valence-corrected chi connectivity index (χ4v) is 3.92. The molecule has 176 valence electrons. The monoisotopic (exact) mass is 468 g/mol. The minimum atomic E-state index is -0.156. The van der Waals surface area contributed by atoms with Crippen LogP contribution in [0.25, 0.3) is 33.5 Å². The number of ether oxygens (including phenoxy) is 1. The summed E-state index contributed by atoms with van der Waals surface area (Å²) in [6.45, 7) is 1.28. The molecule has 0 bridgehead atoms. The molecule has 2 aromatic carbocycles. The van der Waals surface area contributed by atoms with Crippen molar-refractivity contribution in [3.05, 3.63) is 78.8 Å². The van der Waals surface area contributed by atoms with E-state index in [0.717, 1.165) is 24.1 Å². The number of methoxy groups -OCH3 is 1. The Hall–Kier alpha value is -4.66. The van der Waals surface area contributed by atoms with Gasteiger partial charge in [-0.15, -0.1) is 0 Å². The van der Waals surface area contributed by atoms with Crippen LogP contribution in [0.3, 0.4) is 0 Å². The molecule has 0 fully saturated rings. The Morgan fingerprint density at radius 2 is 2.03 bits per heavy atom. The number of nitrogens with one attached hydrogen (secondary N) is 2. The predicted molar refractivity (Wildman–Crippen MR) is 132 cm³/mol. The van der Waals surface area contributed by atoms with Gasteiger partial charge in [-0.2, -0.15) is 5.10 Å². The molecular formula is C26H24N6O3. The molecule has 5 rings (SSSR count). The molecule has 0 spiro atoms. The zero-order chi connectivity index (χ0) is 24.2. The quantitative estimate of drug-likeness (QED) is 0.296. The third-order valence-corrected chi connectivity index (χ3v) is 5.68. The highest BCUT2D eigenvalue weighted by molar-refractivity contribution is 5.97. The van der Waals surface area contributed by atoms with Crippen LogP contribution < -0.4 is 10.1 Å². The van der Waals surface area contributed by atoms with E-state index < -0.39 is 0 Å². The maximum Gasteiger partial charge on any atom is 0.251 e. The fourth-order valence-electron chi connectivity index (χ4n) is 3.92. The molecule has 0 aliphatic heterocycles. The molecule has 0 unspecified atom stereocenters. The van der Waals surface area contributed by atoms with Gasteiger partial charge in [-0.3, -0.25) is 9.48 Å². The number of aromatic nitrogens is 5. The van der Waals surface area contributed by atoms with E-state index in [2.05, 4.69) is 25.4 Å². The largest absolute Gasteiger partial charge is 0.507 e. The predicted octanol–water partition coefficient (Wildman–Crippen LogP) is 4.02. The second kappa shape index (κ2) is 9.68. The Bertz CT molecular complexity index is 1480. The Labute approximate surface area is 201 Å². The second-order valence-corrected chi connectivity index (χ2v) is 7.99.